The molecule has 0 aliphatic carbocycles. The Labute approximate surface area is 66.7 Å². The van der Waals surface area contributed by atoms with Crippen LogP contribution in [0.25, 0.3) is 11.5 Å². The summed E-state index contributed by atoms with van der Waals surface area (Å²) >= 11 is 1.50. The molecule has 2 heterocycles. The van der Waals surface area contributed by atoms with Crippen LogP contribution >= 0.6 is 11.3 Å². The van der Waals surface area contributed by atoms with Gasteiger partial charge in [-0.05, 0) is 0 Å². The highest BCUT2D eigenvalue weighted by molar-refractivity contribution is 7.07. The van der Waals surface area contributed by atoms with Gasteiger partial charge in [0, 0.05) is 11.4 Å². The van der Waals surface area contributed by atoms with Crippen molar-refractivity contribution in [3.63, 3.8) is 0 Å². The largest absolute Gasteiger partial charge is 0.381 e. The average Bonchev–Trinajstić information content (AvgIpc) is 2.55. The number of aromatic nitrogens is 2. The van der Waals surface area contributed by atoms with Gasteiger partial charge in [-0.2, -0.15) is 0 Å². The van der Waals surface area contributed by atoms with Gasteiger partial charge >= 0.3 is 0 Å². The first-order valence-electron chi connectivity index (χ1n) is 2.97. The van der Waals surface area contributed by atoms with Gasteiger partial charge in [0.05, 0.1) is 5.51 Å². The normalized spacial score (nSPS) is 10.2. The Morgan fingerprint density at radius 1 is 1.55 bits per heavy atom. The molecule has 56 valence electrons. The second-order valence-electron chi connectivity index (χ2n) is 1.99. The highest BCUT2D eigenvalue weighted by Gasteiger charge is 2.04. The Hall–Kier alpha value is -1.36. The molecule has 0 fully saturated rings. The molecule has 0 aromatic carbocycles. The minimum absolute atomic E-state index is 0.382. The highest BCUT2D eigenvalue weighted by atomic mass is 32.1. The van der Waals surface area contributed by atoms with Crippen LogP contribution in [0.2, 0.25) is 0 Å². The lowest BCUT2D eigenvalue weighted by Gasteiger charge is -1.81. The van der Waals surface area contributed by atoms with Gasteiger partial charge in [0.1, 0.15) is 5.69 Å². The van der Waals surface area contributed by atoms with Crippen LogP contribution in [-0.4, -0.2) is 10.1 Å². The van der Waals surface area contributed by atoms with Gasteiger partial charge < -0.3 is 10.3 Å². The molecule has 0 unspecified atom stereocenters. The zero-order chi connectivity index (χ0) is 7.68. The molecule has 2 N–H and O–H groups in total. The van der Waals surface area contributed by atoms with E-state index in [9.17, 15) is 0 Å². The van der Waals surface area contributed by atoms with Crippen LogP contribution in [0.15, 0.2) is 21.5 Å². The van der Waals surface area contributed by atoms with Crippen molar-refractivity contribution in [1.82, 2.24) is 10.1 Å². The Balaban J connectivity index is 2.45. The molecule has 2 rings (SSSR count). The van der Waals surface area contributed by atoms with E-state index in [1.54, 1.807) is 11.6 Å². The van der Waals surface area contributed by atoms with Gasteiger partial charge in [-0.25, -0.2) is 4.98 Å². The highest BCUT2D eigenvalue weighted by Crippen LogP contribution is 2.20. The summed E-state index contributed by atoms with van der Waals surface area (Å²) in [5.74, 6) is 0.997. The van der Waals surface area contributed by atoms with Crippen LogP contribution in [0.4, 0.5) is 5.82 Å². The van der Waals surface area contributed by atoms with Crippen LogP contribution in [0, 0.1) is 0 Å². The van der Waals surface area contributed by atoms with Gasteiger partial charge in [0.25, 0.3) is 0 Å². The molecular formula is C6H5N3OS. The van der Waals surface area contributed by atoms with Crippen molar-refractivity contribution in [2.45, 2.75) is 0 Å². The summed E-state index contributed by atoms with van der Waals surface area (Å²) in [6.07, 6.45) is 0. The van der Waals surface area contributed by atoms with Crippen molar-refractivity contribution in [3.8, 4) is 11.5 Å². The number of hydrogen-bond donors (Lipinski definition) is 1. The maximum Gasteiger partial charge on any atom is 0.188 e. The number of thiazole rings is 1. The SMILES string of the molecule is Nc1cc(-c2cscn2)on1. The molecule has 0 saturated carbocycles. The van der Waals surface area contributed by atoms with Crippen molar-refractivity contribution in [2.75, 3.05) is 5.73 Å². The van der Waals surface area contributed by atoms with Crippen LogP contribution < -0.4 is 5.73 Å². The average molecular weight is 167 g/mol. The quantitative estimate of drug-likeness (QED) is 0.696. The summed E-state index contributed by atoms with van der Waals surface area (Å²) in [5, 5.41) is 5.41. The lowest BCUT2D eigenvalue weighted by Crippen LogP contribution is -1.79. The summed E-state index contributed by atoms with van der Waals surface area (Å²) in [4.78, 5) is 4.03. The second kappa shape index (κ2) is 2.35. The van der Waals surface area contributed by atoms with Gasteiger partial charge in [0.2, 0.25) is 0 Å². The van der Waals surface area contributed by atoms with Crippen molar-refractivity contribution in [2.24, 2.45) is 0 Å². The minimum Gasteiger partial charge on any atom is -0.381 e. The molecular weight excluding hydrogens is 162 g/mol. The lowest BCUT2D eigenvalue weighted by atomic mass is 10.4. The van der Waals surface area contributed by atoms with Crippen LogP contribution in [0.3, 0.4) is 0 Å². The fraction of sp³-hybridized carbons (Fsp3) is 0. The van der Waals surface area contributed by atoms with Crippen molar-refractivity contribution < 1.29 is 4.52 Å². The zero-order valence-corrected chi connectivity index (χ0v) is 6.34. The van der Waals surface area contributed by atoms with Gasteiger partial charge in [-0.3, -0.25) is 0 Å². The summed E-state index contributed by atoms with van der Waals surface area (Å²) in [5.41, 5.74) is 7.86. The van der Waals surface area contributed by atoms with E-state index in [-0.39, 0.29) is 0 Å². The second-order valence-corrected chi connectivity index (χ2v) is 2.71. The molecule has 5 heteroatoms. The summed E-state index contributed by atoms with van der Waals surface area (Å²) in [7, 11) is 0. The number of rotatable bonds is 1. The van der Waals surface area contributed by atoms with Gasteiger partial charge in [-0.1, -0.05) is 5.16 Å². The third kappa shape index (κ3) is 1.10. The van der Waals surface area contributed by atoms with Crippen LogP contribution in [0.5, 0.6) is 0 Å². The van der Waals surface area contributed by atoms with E-state index in [2.05, 4.69) is 10.1 Å². The third-order valence-corrected chi connectivity index (χ3v) is 1.80. The van der Waals surface area contributed by atoms with E-state index < -0.39 is 0 Å². The summed E-state index contributed by atoms with van der Waals surface area (Å²) in [6, 6.07) is 1.65. The van der Waals surface area contributed by atoms with E-state index in [4.69, 9.17) is 10.3 Å². The molecule has 0 bridgehead atoms. The Kier molecular flexibility index (Phi) is 1.36. The van der Waals surface area contributed by atoms with Crippen LogP contribution in [0.1, 0.15) is 0 Å². The zero-order valence-electron chi connectivity index (χ0n) is 5.52. The number of hydrogen-bond acceptors (Lipinski definition) is 5. The molecule has 0 aliphatic rings. The topological polar surface area (TPSA) is 64.9 Å². The Bertz CT molecular complexity index is 340. The smallest absolute Gasteiger partial charge is 0.188 e. The first-order chi connectivity index (χ1) is 5.36. The Morgan fingerprint density at radius 3 is 3.00 bits per heavy atom. The molecule has 0 radical (unpaired) electrons. The molecule has 11 heavy (non-hydrogen) atoms. The molecule has 0 amide bonds. The van der Waals surface area contributed by atoms with Gasteiger partial charge in [-0.15, -0.1) is 11.3 Å². The van der Waals surface area contributed by atoms with E-state index in [0.717, 1.165) is 5.69 Å². The van der Waals surface area contributed by atoms with E-state index in [0.29, 0.717) is 11.6 Å². The van der Waals surface area contributed by atoms with Gasteiger partial charge in [0.15, 0.2) is 11.6 Å². The predicted molar refractivity (Wildman–Crippen MR) is 42.0 cm³/mol. The molecule has 0 aliphatic heterocycles. The fourth-order valence-electron chi connectivity index (χ4n) is 0.744. The summed E-state index contributed by atoms with van der Waals surface area (Å²) in [6.45, 7) is 0. The van der Waals surface area contributed by atoms with Crippen molar-refractivity contribution >= 4 is 17.2 Å². The predicted octanol–water partition coefficient (Wildman–Crippen LogP) is 1.38. The molecule has 2 aromatic rings. The van der Waals surface area contributed by atoms with Crippen LogP contribution in [-0.2, 0) is 0 Å². The Morgan fingerprint density at radius 2 is 2.45 bits per heavy atom. The van der Waals surface area contributed by atoms with E-state index >= 15 is 0 Å². The molecule has 2 aromatic heterocycles. The lowest BCUT2D eigenvalue weighted by molar-refractivity contribution is 0.435. The fourth-order valence-corrected chi connectivity index (χ4v) is 1.29. The third-order valence-electron chi connectivity index (χ3n) is 1.21. The number of anilines is 1. The number of nitrogens with two attached hydrogens (primary N) is 1. The molecule has 4 nitrogen and oxygen atoms in total. The monoisotopic (exact) mass is 167 g/mol. The standard InChI is InChI=1S/C6H5N3OS/c7-6-1-5(10-9-6)4-2-11-3-8-4/h1-3H,(H2,7,9). The van der Waals surface area contributed by atoms with E-state index in [1.165, 1.54) is 11.3 Å². The molecule has 0 spiro atoms. The van der Waals surface area contributed by atoms with Crippen molar-refractivity contribution in [3.05, 3.63) is 17.0 Å². The van der Waals surface area contributed by atoms with E-state index in [1.807, 2.05) is 5.38 Å². The molecule has 0 saturated heterocycles. The molecule has 0 atom stereocenters. The number of nitrogens with zero attached hydrogens (tertiary/aromatic N) is 2. The van der Waals surface area contributed by atoms with Crippen molar-refractivity contribution in [1.29, 1.82) is 0 Å². The maximum absolute atomic E-state index is 5.36. The minimum atomic E-state index is 0.382. The maximum atomic E-state index is 5.36. The first kappa shape index (κ1) is 6.36. The first-order valence-corrected chi connectivity index (χ1v) is 3.91. The number of nitrogen functional groups attached to an aromatic ring is 1. The summed E-state index contributed by atoms with van der Waals surface area (Å²) < 4.78 is 4.88.